The van der Waals surface area contributed by atoms with Gasteiger partial charge in [-0.15, -0.1) is 11.3 Å². The number of piperidine rings is 1. The van der Waals surface area contributed by atoms with E-state index in [1.54, 1.807) is 11.3 Å². The van der Waals surface area contributed by atoms with Gasteiger partial charge in [0.15, 0.2) is 0 Å². The van der Waals surface area contributed by atoms with Gasteiger partial charge in [-0.2, -0.15) is 13.2 Å². The van der Waals surface area contributed by atoms with Crippen molar-refractivity contribution in [3.8, 4) is 0 Å². The van der Waals surface area contributed by atoms with E-state index >= 15 is 0 Å². The molecule has 0 aromatic carbocycles. The van der Waals surface area contributed by atoms with Gasteiger partial charge < -0.3 is 5.32 Å². The molecule has 1 aromatic heterocycles. The van der Waals surface area contributed by atoms with Crippen molar-refractivity contribution in [2.75, 3.05) is 19.6 Å². The van der Waals surface area contributed by atoms with Crippen LogP contribution in [0.2, 0.25) is 0 Å². The van der Waals surface area contributed by atoms with Gasteiger partial charge in [0.05, 0.1) is 6.54 Å². The molecule has 0 radical (unpaired) electrons. The molecule has 1 fully saturated rings. The van der Waals surface area contributed by atoms with E-state index in [2.05, 4.69) is 18.3 Å². The monoisotopic (exact) mass is 292 g/mol. The summed E-state index contributed by atoms with van der Waals surface area (Å²) in [6.45, 7) is 2.37. The third kappa shape index (κ3) is 4.78. The molecule has 0 saturated carbocycles. The molecule has 108 valence electrons. The lowest BCUT2D eigenvalue weighted by Crippen LogP contribution is -2.46. The maximum absolute atomic E-state index is 12.3. The Balaban J connectivity index is 1.74. The molecule has 0 spiro atoms. The molecule has 1 aromatic rings. The molecule has 1 atom stereocenters. The highest BCUT2D eigenvalue weighted by Gasteiger charge is 2.32. The number of likely N-dealkylation sites (tertiary alicyclic amines) is 1. The molecular weight excluding hydrogens is 273 g/mol. The van der Waals surface area contributed by atoms with Gasteiger partial charge in [0.25, 0.3) is 0 Å². The quantitative estimate of drug-likeness (QED) is 0.914. The molecule has 0 amide bonds. The van der Waals surface area contributed by atoms with Crippen LogP contribution in [0.1, 0.15) is 30.7 Å². The Kier molecular flexibility index (Phi) is 4.86. The first-order valence-corrected chi connectivity index (χ1v) is 7.40. The van der Waals surface area contributed by atoms with Gasteiger partial charge in [-0.3, -0.25) is 4.90 Å². The van der Waals surface area contributed by atoms with Crippen molar-refractivity contribution in [3.05, 3.63) is 22.4 Å². The fourth-order valence-electron chi connectivity index (χ4n) is 2.48. The van der Waals surface area contributed by atoms with Crippen molar-refractivity contribution < 1.29 is 13.2 Å². The first-order chi connectivity index (χ1) is 8.94. The summed E-state index contributed by atoms with van der Waals surface area (Å²) in [5.41, 5.74) is 0. The number of nitrogens with zero attached hydrogens (tertiary/aromatic N) is 1. The zero-order valence-corrected chi connectivity index (χ0v) is 11.7. The number of nitrogens with one attached hydrogen (secondary N) is 1. The molecule has 0 bridgehead atoms. The molecule has 0 aliphatic carbocycles. The van der Waals surface area contributed by atoms with E-state index in [4.69, 9.17) is 0 Å². The molecule has 19 heavy (non-hydrogen) atoms. The predicted molar refractivity (Wildman–Crippen MR) is 71.4 cm³/mol. The fraction of sp³-hybridized carbons (Fsp3) is 0.692. The zero-order chi connectivity index (χ0) is 13.9. The second-order valence-corrected chi connectivity index (χ2v) is 6.05. The van der Waals surface area contributed by atoms with Crippen LogP contribution in [0.15, 0.2) is 17.5 Å². The van der Waals surface area contributed by atoms with Crippen LogP contribution in [0.4, 0.5) is 13.2 Å². The van der Waals surface area contributed by atoms with Crippen molar-refractivity contribution >= 4 is 11.3 Å². The zero-order valence-electron chi connectivity index (χ0n) is 10.9. The van der Waals surface area contributed by atoms with Crippen LogP contribution in [-0.2, 0) is 0 Å². The lowest BCUT2D eigenvalue weighted by Gasteiger charge is -2.34. The minimum atomic E-state index is -4.08. The van der Waals surface area contributed by atoms with Crippen LogP contribution in [0.5, 0.6) is 0 Å². The third-order valence-corrected chi connectivity index (χ3v) is 4.50. The topological polar surface area (TPSA) is 15.3 Å². The maximum atomic E-state index is 12.3. The average Bonchev–Trinajstić information content (AvgIpc) is 2.83. The SMILES string of the molecule is CC(NC1CCN(CC(F)(F)F)CC1)c1cccs1. The number of thiophene rings is 1. The van der Waals surface area contributed by atoms with Crippen LogP contribution < -0.4 is 5.32 Å². The summed E-state index contributed by atoms with van der Waals surface area (Å²) in [4.78, 5) is 2.77. The average molecular weight is 292 g/mol. The highest BCUT2D eigenvalue weighted by molar-refractivity contribution is 7.10. The van der Waals surface area contributed by atoms with Crippen molar-refractivity contribution in [2.24, 2.45) is 0 Å². The van der Waals surface area contributed by atoms with E-state index in [1.165, 1.54) is 9.78 Å². The molecule has 1 saturated heterocycles. The van der Waals surface area contributed by atoms with Gasteiger partial charge in [-0.25, -0.2) is 0 Å². The summed E-state index contributed by atoms with van der Waals surface area (Å²) in [5.74, 6) is 0. The molecule has 1 unspecified atom stereocenters. The summed E-state index contributed by atoms with van der Waals surface area (Å²) in [6, 6.07) is 4.70. The Bertz CT molecular complexity index is 370. The van der Waals surface area contributed by atoms with Crippen LogP contribution >= 0.6 is 11.3 Å². The van der Waals surface area contributed by atoms with E-state index in [-0.39, 0.29) is 6.04 Å². The van der Waals surface area contributed by atoms with Gasteiger partial charge in [-0.05, 0) is 44.3 Å². The second-order valence-electron chi connectivity index (χ2n) is 5.07. The molecule has 1 aliphatic heterocycles. The number of alkyl halides is 3. The number of rotatable bonds is 4. The highest BCUT2D eigenvalue weighted by Crippen LogP contribution is 2.23. The fourth-order valence-corrected chi connectivity index (χ4v) is 3.23. The Morgan fingerprint density at radius 1 is 1.42 bits per heavy atom. The highest BCUT2D eigenvalue weighted by atomic mass is 32.1. The summed E-state index contributed by atoms with van der Waals surface area (Å²) in [5, 5.41) is 5.55. The lowest BCUT2D eigenvalue weighted by molar-refractivity contribution is -0.148. The smallest absolute Gasteiger partial charge is 0.307 e. The normalized spacial score (nSPS) is 20.6. The van der Waals surface area contributed by atoms with E-state index in [0.29, 0.717) is 19.1 Å². The van der Waals surface area contributed by atoms with Gasteiger partial charge in [0.2, 0.25) is 0 Å². The number of hydrogen-bond donors (Lipinski definition) is 1. The van der Waals surface area contributed by atoms with Crippen molar-refractivity contribution in [1.29, 1.82) is 0 Å². The minimum absolute atomic E-state index is 0.277. The van der Waals surface area contributed by atoms with Crippen LogP contribution in [0, 0.1) is 0 Å². The van der Waals surface area contributed by atoms with Gasteiger partial charge >= 0.3 is 6.18 Å². The van der Waals surface area contributed by atoms with E-state index < -0.39 is 12.7 Å². The molecule has 6 heteroatoms. The first-order valence-electron chi connectivity index (χ1n) is 6.52. The van der Waals surface area contributed by atoms with Crippen LogP contribution in [0.3, 0.4) is 0 Å². The summed E-state index contributed by atoms with van der Waals surface area (Å²) in [7, 11) is 0. The van der Waals surface area contributed by atoms with Crippen molar-refractivity contribution in [2.45, 2.75) is 38.0 Å². The predicted octanol–water partition coefficient (Wildman–Crippen LogP) is 3.43. The molecule has 2 rings (SSSR count). The van der Waals surface area contributed by atoms with Crippen molar-refractivity contribution in [3.63, 3.8) is 0 Å². The molecule has 2 nitrogen and oxygen atoms in total. The lowest BCUT2D eigenvalue weighted by atomic mass is 10.0. The molecule has 1 N–H and O–H groups in total. The Hall–Kier alpha value is -0.590. The third-order valence-electron chi connectivity index (χ3n) is 3.45. The summed E-state index contributed by atoms with van der Waals surface area (Å²) in [6.07, 6.45) is -2.51. The molecular formula is C13H19F3N2S. The summed E-state index contributed by atoms with van der Waals surface area (Å²) >= 11 is 1.71. The Morgan fingerprint density at radius 3 is 2.63 bits per heavy atom. The van der Waals surface area contributed by atoms with E-state index in [0.717, 1.165) is 12.8 Å². The first kappa shape index (κ1) is 14.8. The number of hydrogen-bond acceptors (Lipinski definition) is 3. The van der Waals surface area contributed by atoms with Gasteiger partial charge in [-0.1, -0.05) is 6.07 Å². The number of halogens is 3. The minimum Gasteiger partial charge on any atom is -0.307 e. The second kappa shape index (κ2) is 6.24. The van der Waals surface area contributed by atoms with Crippen LogP contribution in [0.25, 0.3) is 0 Å². The Labute approximate surface area is 115 Å². The van der Waals surface area contributed by atoms with Gasteiger partial charge in [0.1, 0.15) is 0 Å². The standard InChI is InChI=1S/C13H19F3N2S/c1-10(12-3-2-8-19-12)17-11-4-6-18(7-5-11)9-13(14,15)16/h2-3,8,10-11,17H,4-7,9H2,1H3. The van der Waals surface area contributed by atoms with E-state index in [9.17, 15) is 13.2 Å². The van der Waals surface area contributed by atoms with E-state index in [1.807, 2.05) is 11.4 Å². The van der Waals surface area contributed by atoms with Crippen molar-refractivity contribution in [1.82, 2.24) is 10.2 Å². The van der Waals surface area contributed by atoms with Crippen LogP contribution in [-0.4, -0.2) is 36.8 Å². The molecule has 1 aliphatic rings. The maximum Gasteiger partial charge on any atom is 0.401 e. The van der Waals surface area contributed by atoms with Gasteiger partial charge in [0, 0.05) is 17.0 Å². The molecule has 2 heterocycles. The Morgan fingerprint density at radius 2 is 2.11 bits per heavy atom. The summed E-state index contributed by atoms with van der Waals surface area (Å²) < 4.78 is 36.8. The largest absolute Gasteiger partial charge is 0.401 e.